The van der Waals surface area contributed by atoms with Crippen molar-refractivity contribution in [2.24, 2.45) is 0 Å². The Labute approximate surface area is 273 Å². The van der Waals surface area contributed by atoms with Gasteiger partial charge in [-0.2, -0.15) is 0 Å². The van der Waals surface area contributed by atoms with Gasteiger partial charge in [0, 0.05) is 32.3 Å². The van der Waals surface area contributed by atoms with E-state index in [9.17, 15) is 14.4 Å². The zero-order chi connectivity index (χ0) is 31.6. The number of carbonyl (C=O) groups excluding carboxylic acids is 3. The van der Waals surface area contributed by atoms with E-state index in [2.05, 4.69) is 31.9 Å². The lowest BCUT2D eigenvalue weighted by atomic mass is 10.2. The van der Waals surface area contributed by atoms with Crippen LogP contribution in [0.4, 0.5) is 11.4 Å². The summed E-state index contributed by atoms with van der Waals surface area (Å²) in [6.07, 6.45) is 1.49. The molecule has 0 aliphatic carbocycles. The van der Waals surface area contributed by atoms with Crippen LogP contribution in [-0.4, -0.2) is 30.6 Å². The van der Waals surface area contributed by atoms with Gasteiger partial charge in [0.15, 0.2) is 0 Å². The second kappa shape index (κ2) is 15.1. The van der Waals surface area contributed by atoms with E-state index in [1.165, 1.54) is 17.8 Å². The minimum absolute atomic E-state index is 0.00650. The molecule has 0 atom stereocenters. The summed E-state index contributed by atoms with van der Waals surface area (Å²) < 4.78 is 12.2. The number of carbonyl (C=O) groups is 3. The van der Waals surface area contributed by atoms with Crippen LogP contribution in [0.1, 0.15) is 16.1 Å². The first-order valence-electron chi connectivity index (χ1n) is 13.8. The molecule has 0 fully saturated rings. The fourth-order valence-electron chi connectivity index (χ4n) is 4.20. The van der Waals surface area contributed by atoms with Crippen molar-refractivity contribution in [2.45, 2.75) is 4.90 Å². The second-order valence-corrected chi connectivity index (χ2v) is 11.6. The topological polar surface area (TPSA) is 110 Å². The van der Waals surface area contributed by atoms with Crippen LogP contribution in [0.3, 0.4) is 0 Å². The van der Waals surface area contributed by atoms with Crippen LogP contribution in [0, 0.1) is 0 Å². The highest BCUT2D eigenvalue weighted by molar-refractivity contribution is 9.10. The molecule has 3 N–H and O–H groups in total. The molecule has 3 amide bonds. The molecule has 1 heterocycles. The molecule has 8 nitrogen and oxygen atoms in total. The predicted molar refractivity (Wildman–Crippen MR) is 181 cm³/mol. The van der Waals surface area contributed by atoms with Gasteiger partial charge in [-0.3, -0.25) is 14.4 Å². The third kappa shape index (κ3) is 8.75. The minimum atomic E-state index is -0.530. The number of furan rings is 1. The van der Waals surface area contributed by atoms with E-state index in [1.807, 2.05) is 42.5 Å². The van der Waals surface area contributed by atoms with Gasteiger partial charge >= 0.3 is 0 Å². The summed E-state index contributed by atoms with van der Waals surface area (Å²) in [6, 6.07) is 34.1. The van der Waals surface area contributed by atoms with Crippen LogP contribution < -0.4 is 20.7 Å². The van der Waals surface area contributed by atoms with Crippen molar-refractivity contribution in [3.8, 4) is 17.1 Å². The highest BCUT2D eigenvalue weighted by Gasteiger charge is 2.17. The van der Waals surface area contributed by atoms with Gasteiger partial charge in [-0.25, -0.2) is 0 Å². The first-order chi connectivity index (χ1) is 21.9. The largest absolute Gasteiger partial charge is 0.495 e. The fraction of sp³-hybridized carbons (Fsp3) is 0.0571. The number of methoxy groups -OCH3 is 1. The van der Waals surface area contributed by atoms with Gasteiger partial charge in [-0.05, 0) is 72.8 Å². The second-order valence-electron chi connectivity index (χ2n) is 9.60. The zero-order valence-corrected chi connectivity index (χ0v) is 26.5. The Morgan fingerprint density at radius 1 is 0.822 bits per heavy atom. The summed E-state index contributed by atoms with van der Waals surface area (Å²) in [4.78, 5) is 39.7. The third-order valence-electron chi connectivity index (χ3n) is 6.43. The Morgan fingerprint density at radius 3 is 2.27 bits per heavy atom. The molecule has 5 aromatic rings. The highest BCUT2D eigenvalue weighted by Crippen LogP contribution is 2.27. The lowest BCUT2D eigenvalue weighted by molar-refractivity contribution is -0.114. The SMILES string of the molecule is COc1ccccc1NC(=O)CSc1ccc(NC(=O)/C(=C/c2ccc(-c3ccc(Br)cc3)o2)NC(=O)c2ccccc2)cc1. The number of nitrogens with one attached hydrogen (secondary N) is 3. The van der Waals surface area contributed by atoms with Crippen molar-refractivity contribution < 1.29 is 23.5 Å². The van der Waals surface area contributed by atoms with E-state index in [0.29, 0.717) is 34.2 Å². The van der Waals surface area contributed by atoms with E-state index in [1.54, 1.807) is 79.9 Å². The normalized spacial score (nSPS) is 11.0. The standard InChI is InChI=1S/C35H28BrN3O5S/c1-43-32-10-6-5-9-29(32)38-33(40)22-45-28-18-15-26(16-19-28)37-35(42)30(39-34(41)24-7-3-2-4-8-24)21-27-17-20-31(44-27)23-11-13-25(36)14-12-23/h2-21H,22H2,1H3,(H,37,42)(H,38,40)(H,39,41)/b30-21-. The maximum atomic E-state index is 13.4. The van der Waals surface area contributed by atoms with Gasteiger partial charge < -0.3 is 25.1 Å². The average Bonchev–Trinajstić information content (AvgIpc) is 3.53. The molecule has 45 heavy (non-hydrogen) atoms. The number of hydrogen-bond acceptors (Lipinski definition) is 6. The summed E-state index contributed by atoms with van der Waals surface area (Å²) in [7, 11) is 1.55. The van der Waals surface area contributed by atoms with E-state index in [0.717, 1.165) is 14.9 Å². The number of thioether (sulfide) groups is 1. The summed E-state index contributed by atoms with van der Waals surface area (Å²) >= 11 is 4.78. The molecule has 226 valence electrons. The van der Waals surface area contributed by atoms with Crippen molar-refractivity contribution in [1.82, 2.24) is 5.32 Å². The molecule has 5 rings (SSSR count). The van der Waals surface area contributed by atoms with Crippen molar-refractivity contribution in [2.75, 3.05) is 23.5 Å². The molecule has 0 saturated heterocycles. The fourth-order valence-corrected chi connectivity index (χ4v) is 5.16. The molecule has 0 aliphatic rings. The minimum Gasteiger partial charge on any atom is -0.495 e. The maximum absolute atomic E-state index is 13.4. The lowest BCUT2D eigenvalue weighted by Crippen LogP contribution is -2.30. The number of para-hydroxylation sites is 2. The number of halogens is 1. The van der Waals surface area contributed by atoms with Crippen LogP contribution >= 0.6 is 27.7 Å². The van der Waals surface area contributed by atoms with Crippen molar-refractivity contribution in [1.29, 1.82) is 0 Å². The Hall–Kier alpha value is -5.06. The smallest absolute Gasteiger partial charge is 0.272 e. The summed E-state index contributed by atoms with van der Waals surface area (Å²) in [6.45, 7) is 0. The maximum Gasteiger partial charge on any atom is 0.272 e. The molecule has 0 radical (unpaired) electrons. The molecular formula is C35H28BrN3O5S. The highest BCUT2D eigenvalue weighted by atomic mass is 79.9. The van der Waals surface area contributed by atoms with E-state index >= 15 is 0 Å². The molecule has 1 aromatic heterocycles. The van der Waals surface area contributed by atoms with Gasteiger partial charge in [0.2, 0.25) is 5.91 Å². The van der Waals surface area contributed by atoms with Crippen LogP contribution in [0.2, 0.25) is 0 Å². The summed E-state index contributed by atoms with van der Waals surface area (Å²) in [5.41, 5.74) is 2.39. The monoisotopic (exact) mass is 681 g/mol. The number of ether oxygens (including phenoxy) is 1. The Balaban J connectivity index is 1.26. The molecule has 10 heteroatoms. The van der Waals surface area contributed by atoms with Crippen LogP contribution in [0.25, 0.3) is 17.4 Å². The van der Waals surface area contributed by atoms with Crippen LogP contribution in [0.15, 0.2) is 135 Å². The van der Waals surface area contributed by atoms with Crippen molar-refractivity contribution >= 4 is 62.9 Å². The summed E-state index contributed by atoms with van der Waals surface area (Å²) in [5, 5.41) is 8.40. The Kier molecular flexibility index (Phi) is 10.5. The third-order valence-corrected chi connectivity index (χ3v) is 7.97. The molecule has 0 saturated carbocycles. The molecule has 0 unspecified atom stereocenters. The van der Waals surface area contributed by atoms with Crippen LogP contribution in [-0.2, 0) is 9.59 Å². The first-order valence-corrected chi connectivity index (χ1v) is 15.6. The number of hydrogen-bond donors (Lipinski definition) is 3. The van der Waals surface area contributed by atoms with Gasteiger partial charge in [-0.1, -0.05) is 58.4 Å². The van der Waals surface area contributed by atoms with Gasteiger partial charge in [-0.15, -0.1) is 11.8 Å². The predicted octanol–water partition coefficient (Wildman–Crippen LogP) is 7.86. The van der Waals surface area contributed by atoms with E-state index < -0.39 is 11.8 Å². The van der Waals surface area contributed by atoms with Gasteiger partial charge in [0.05, 0.1) is 18.6 Å². The molecule has 0 spiro atoms. The van der Waals surface area contributed by atoms with Crippen molar-refractivity contribution in [3.63, 3.8) is 0 Å². The number of benzene rings is 4. The quantitative estimate of drug-likeness (QED) is 0.0967. The molecule has 4 aromatic carbocycles. The molecule has 0 bridgehead atoms. The number of rotatable bonds is 11. The van der Waals surface area contributed by atoms with Crippen molar-refractivity contribution in [3.05, 3.63) is 137 Å². The van der Waals surface area contributed by atoms with Gasteiger partial charge in [0.25, 0.3) is 11.8 Å². The lowest BCUT2D eigenvalue weighted by Gasteiger charge is -2.12. The summed E-state index contributed by atoms with van der Waals surface area (Å²) in [5.74, 6) is 0.644. The Morgan fingerprint density at radius 2 is 1.53 bits per heavy atom. The number of amides is 3. The first kappa shape index (κ1) is 31.4. The molecule has 0 aliphatic heterocycles. The number of anilines is 2. The average molecular weight is 683 g/mol. The van der Waals surface area contributed by atoms with Crippen LogP contribution in [0.5, 0.6) is 5.75 Å². The van der Waals surface area contributed by atoms with E-state index in [4.69, 9.17) is 9.15 Å². The zero-order valence-electron chi connectivity index (χ0n) is 24.1. The van der Waals surface area contributed by atoms with E-state index in [-0.39, 0.29) is 17.4 Å². The Bertz CT molecular complexity index is 1820. The molecular weight excluding hydrogens is 654 g/mol. The van der Waals surface area contributed by atoms with Gasteiger partial charge in [0.1, 0.15) is 23.0 Å².